The van der Waals surface area contributed by atoms with Gasteiger partial charge in [0.25, 0.3) is 5.56 Å². The second kappa shape index (κ2) is 6.33. The van der Waals surface area contributed by atoms with E-state index >= 15 is 0 Å². The molecule has 0 aromatic carbocycles. The molecule has 1 amide bonds. The highest BCUT2D eigenvalue weighted by molar-refractivity contribution is 5.78. The maximum absolute atomic E-state index is 11.8. The predicted octanol–water partition coefficient (Wildman–Crippen LogP) is 1.23. The van der Waals surface area contributed by atoms with Crippen molar-refractivity contribution in [2.75, 3.05) is 0 Å². The van der Waals surface area contributed by atoms with E-state index in [1.165, 1.54) is 0 Å². The monoisotopic (exact) mass is 251 g/mol. The Morgan fingerprint density at radius 2 is 2.11 bits per heavy atom. The van der Waals surface area contributed by atoms with E-state index < -0.39 is 0 Å². The molecule has 1 aromatic heterocycles. The summed E-state index contributed by atoms with van der Waals surface area (Å²) in [4.78, 5) is 30.3. The molecule has 1 atom stereocenters. The maximum atomic E-state index is 11.8. The summed E-state index contributed by atoms with van der Waals surface area (Å²) in [6.45, 7) is 7.51. The summed E-state index contributed by atoms with van der Waals surface area (Å²) in [6.07, 6.45) is 2.04. The molecule has 0 saturated carbocycles. The van der Waals surface area contributed by atoms with Gasteiger partial charge in [0.2, 0.25) is 5.91 Å². The van der Waals surface area contributed by atoms with Crippen LogP contribution >= 0.6 is 0 Å². The van der Waals surface area contributed by atoms with Crippen molar-refractivity contribution in [3.8, 4) is 0 Å². The molecule has 1 aromatic rings. The summed E-state index contributed by atoms with van der Waals surface area (Å²) in [5, 5.41) is 2.88. The van der Waals surface area contributed by atoms with Gasteiger partial charge in [-0.3, -0.25) is 9.59 Å². The zero-order valence-corrected chi connectivity index (χ0v) is 11.5. The second-order valence-corrected chi connectivity index (χ2v) is 4.65. The molecule has 0 radical (unpaired) electrons. The van der Waals surface area contributed by atoms with Crippen molar-refractivity contribution in [1.82, 2.24) is 15.3 Å². The normalized spacial score (nSPS) is 12.2. The fourth-order valence-electron chi connectivity index (χ4n) is 1.95. The van der Waals surface area contributed by atoms with Crippen LogP contribution < -0.4 is 10.9 Å². The fourth-order valence-corrected chi connectivity index (χ4v) is 1.95. The number of H-pyrrole nitrogens is 1. The van der Waals surface area contributed by atoms with Crippen LogP contribution in [0, 0.1) is 13.8 Å². The van der Waals surface area contributed by atoms with Crippen LogP contribution in [-0.4, -0.2) is 21.9 Å². The number of nitrogens with zero attached hydrogens (tertiary/aromatic N) is 1. The number of nitrogens with one attached hydrogen (secondary N) is 2. The van der Waals surface area contributed by atoms with Crippen LogP contribution in [0.5, 0.6) is 0 Å². The van der Waals surface area contributed by atoms with Gasteiger partial charge in [0.15, 0.2) is 0 Å². The average molecular weight is 251 g/mol. The lowest BCUT2D eigenvalue weighted by Gasteiger charge is -2.13. The van der Waals surface area contributed by atoms with Crippen molar-refractivity contribution in [2.24, 2.45) is 0 Å². The molecular weight excluding hydrogens is 230 g/mol. The molecule has 18 heavy (non-hydrogen) atoms. The quantitative estimate of drug-likeness (QED) is 0.826. The molecule has 0 fully saturated rings. The topological polar surface area (TPSA) is 74.8 Å². The van der Waals surface area contributed by atoms with E-state index in [-0.39, 0.29) is 23.9 Å². The van der Waals surface area contributed by atoms with Gasteiger partial charge in [-0.2, -0.15) is 0 Å². The summed E-state index contributed by atoms with van der Waals surface area (Å²) in [5.74, 6) is 0.441. The van der Waals surface area contributed by atoms with Crippen LogP contribution in [0.25, 0.3) is 0 Å². The molecule has 1 rings (SSSR count). The first-order valence-corrected chi connectivity index (χ1v) is 6.29. The first-order valence-electron chi connectivity index (χ1n) is 6.29. The first kappa shape index (κ1) is 14.4. The smallest absolute Gasteiger partial charge is 0.254 e. The van der Waals surface area contributed by atoms with Gasteiger partial charge >= 0.3 is 0 Å². The van der Waals surface area contributed by atoms with Crippen molar-refractivity contribution in [1.29, 1.82) is 0 Å². The van der Waals surface area contributed by atoms with Crippen LogP contribution in [0.3, 0.4) is 0 Å². The third kappa shape index (κ3) is 3.98. The van der Waals surface area contributed by atoms with E-state index in [9.17, 15) is 9.59 Å². The van der Waals surface area contributed by atoms with Crippen LogP contribution in [0.4, 0.5) is 0 Å². The predicted molar refractivity (Wildman–Crippen MR) is 70.5 cm³/mol. The van der Waals surface area contributed by atoms with Gasteiger partial charge in [-0.15, -0.1) is 0 Å². The molecule has 0 aliphatic carbocycles. The summed E-state index contributed by atoms with van der Waals surface area (Å²) in [6, 6.07) is 0.139. The SMILES string of the molecule is CCC[C@H](C)NC(=O)Cc1c(C)nc(C)[nH]c1=O. The summed E-state index contributed by atoms with van der Waals surface area (Å²) >= 11 is 0. The number of aromatic amines is 1. The number of amides is 1. The van der Waals surface area contributed by atoms with Crippen LogP contribution in [0.2, 0.25) is 0 Å². The summed E-state index contributed by atoms with van der Waals surface area (Å²) in [7, 11) is 0. The van der Waals surface area contributed by atoms with E-state index in [2.05, 4.69) is 22.2 Å². The van der Waals surface area contributed by atoms with E-state index in [0.29, 0.717) is 17.1 Å². The number of hydrogen-bond donors (Lipinski definition) is 2. The number of carbonyl (C=O) groups excluding carboxylic acids is 1. The fraction of sp³-hybridized carbons (Fsp3) is 0.615. The molecule has 100 valence electrons. The molecule has 1 heterocycles. The lowest BCUT2D eigenvalue weighted by Crippen LogP contribution is -2.35. The van der Waals surface area contributed by atoms with E-state index in [0.717, 1.165) is 12.8 Å². The Balaban J connectivity index is 2.74. The zero-order valence-electron chi connectivity index (χ0n) is 11.5. The molecule has 0 aliphatic rings. The Morgan fingerprint density at radius 3 is 2.67 bits per heavy atom. The molecule has 0 saturated heterocycles. The van der Waals surface area contributed by atoms with Gasteiger partial charge in [0, 0.05) is 17.3 Å². The third-order valence-corrected chi connectivity index (χ3v) is 2.81. The molecule has 0 spiro atoms. The Bertz CT molecular complexity index is 480. The zero-order chi connectivity index (χ0) is 13.7. The average Bonchev–Trinajstić information content (AvgIpc) is 2.23. The molecule has 5 nitrogen and oxygen atoms in total. The Morgan fingerprint density at radius 1 is 1.44 bits per heavy atom. The van der Waals surface area contributed by atoms with Crippen molar-refractivity contribution >= 4 is 5.91 Å². The Kier molecular flexibility index (Phi) is 5.07. The number of aryl methyl sites for hydroxylation is 2. The minimum Gasteiger partial charge on any atom is -0.353 e. The Hall–Kier alpha value is -1.65. The minimum absolute atomic E-state index is 0.0858. The van der Waals surface area contributed by atoms with E-state index in [1.54, 1.807) is 13.8 Å². The number of rotatable bonds is 5. The largest absolute Gasteiger partial charge is 0.353 e. The lowest BCUT2D eigenvalue weighted by molar-refractivity contribution is -0.121. The highest BCUT2D eigenvalue weighted by Gasteiger charge is 2.13. The lowest BCUT2D eigenvalue weighted by atomic mass is 10.1. The molecule has 0 unspecified atom stereocenters. The van der Waals surface area contributed by atoms with Crippen LogP contribution in [-0.2, 0) is 11.2 Å². The van der Waals surface area contributed by atoms with Gasteiger partial charge in [0.05, 0.1) is 6.42 Å². The maximum Gasteiger partial charge on any atom is 0.254 e. The summed E-state index contributed by atoms with van der Waals surface area (Å²) in [5.41, 5.74) is 0.842. The van der Waals surface area contributed by atoms with Crippen LogP contribution in [0.15, 0.2) is 4.79 Å². The van der Waals surface area contributed by atoms with Gasteiger partial charge in [-0.05, 0) is 27.2 Å². The van der Waals surface area contributed by atoms with E-state index in [1.807, 2.05) is 6.92 Å². The van der Waals surface area contributed by atoms with Crippen molar-refractivity contribution in [2.45, 2.75) is 53.0 Å². The first-order chi connectivity index (χ1) is 8.43. The number of hydrogen-bond acceptors (Lipinski definition) is 3. The van der Waals surface area contributed by atoms with Crippen molar-refractivity contribution in [3.63, 3.8) is 0 Å². The van der Waals surface area contributed by atoms with Gasteiger partial charge < -0.3 is 10.3 Å². The second-order valence-electron chi connectivity index (χ2n) is 4.65. The third-order valence-electron chi connectivity index (χ3n) is 2.81. The molecule has 0 aliphatic heterocycles. The van der Waals surface area contributed by atoms with Gasteiger partial charge in [0.1, 0.15) is 5.82 Å². The standard InChI is InChI=1S/C13H21N3O2/c1-5-6-8(2)14-12(17)7-11-9(3)15-10(4)16-13(11)18/h8H,5-7H2,1-4H3,(H,14,17)(H,15,16,18)/t8-/m0/s1. The number of aromatic nitrogens is 2. The summed E-state index contributed by atoms with van der Waals surface area (Å²) < 4.78 is 0. The molecule has 0 bridgehead atoms. The highest BCUT2D eigenvalue weighted by atomic mass is 16.2. The molecule has 2 N–H and O–H groups in total. The minimum atomic E-state index is -0.224. The molecule has 5 heteroatoms. The van der Waals surface area contributed by atoms with Crippen molar-refractivity contribution in [3.05, 3.63) is 27.4 Å². The highest BCUT2D eigenvalue weighted by Crippen LogP contribution is 2.01. The number of carbonyl (C=O) groups is 1. The Labute approximate surface area is 107 Å². The van der Waals surface area contributed by atoms with Gasteiger partial charge in [-0.25, -0.2) is 4.98 Å². The van der Waals surface area contributed by atoms with E-state index in [4.69, 9.17) is 0 Å². The van der Waals surface area contributed by atoms with Crippen molar-refractivity contribution < 1.29 is 4.79 Å². The van der Waals surface area contributed by atoms with Gasteiger partial charge in [-0.1, -0.05) is 13.3 Å². The molecular formula is C13H21N3O2. The van der Waals surface area contributed by atoms with Crippen LogP contribution in [0.1, 0.15) is 43.8 Å².